The second kappa shape index (κ2) is 3.25. The van der Waals surface area contributed by atoms with Gasteiger partial charge in [0.25, 0.3) is 0 Å². The monoisotopic (exact) mass is 258 g/mol. The Morgan fingerprint density at radius 2 is 1.25 bits per heavy atom. The number of carbonyl (C=O) groups is 2. The summed E-state index contributed by atoms with van der Waals surface area (Å²) in [5.41, 5.74) is 0. The lowest BCUT2D eigenvalue weighted by Gasteiger charge is -2.41. The molecule has 1 saturated heterocycles. The molecule has 0 aromatic rings. The Balaban J connectivity index is 2.19. The average molecular weight is 259 g/mol. The van der Waals surface area contributed by atoms with Gasteiger partial charge in [-0.3, -0.25) is 9.59 Å². The normalized spacial score (nSPS) is 40.6. The van der Waals surface area contributed by atoms with Crippen molar-refractivity contribution in [3.8, 4) is 0 Å². The average Bonchev–Trinajstić information content (AvgIpc) is 2.23. The summed E-state index contributed by atoms with van der Waals surface area (Å²) in [7, 11) is 0. The smallest absolute Gasteiger partial charge is 0.229 e. The Morgan fingerprint density at radius 1 is 0.875 bits per heavy atom. The first-order chi connectivity index (χ1) is 7.58. The number of amides is 2. The van der Waals surface area contributed by atoms with Crippen LogP contribution in [0.5, 0.6) is 0 Å². The molecule has 0 spiro atoms. The van der Waals surface area contributed by atoms with Gasteiger partial charge in [0.2, 0.25) is 11.8 Å². The summed E-state index contributed by atoms with van der Waals surface area (Å²) in [5.74, 6) is -1.32. The van der Waals surface area contributed by atoms with Crippen LogP contribution in [0.15, 0.2) is 22.2 Å². The molecule has 4 bridgehead atoms. The molecule has 0 aromatic carbocycles. The van der Waals surface area contributed by atoms with Crippen molar-refractivity contribution < 1.29 is 9.59 Å². The molecule has 5 aliphatic heterocycles. The number of halogens is 2. The van der Waals surface area contributed by atoms with Crippen LogP contribution in [0, 0.1) is 11.8 Å². The first-order valence-electron chi connectivity index (χ1n) is 4.93. The van der Waals surface area contributed by atoms with E-state index in [9.17, 15) is 9.59 Å². The lowest BCUT2D eigenvalue weighted by molar-refractivity contribution is -0.131. The van der Waals surface area contributed by atoms with Crippen molar-refractivity contribution in [3.05, 3.63) is 22.2 Å². The van der Waals surface area contributed by atoms with Crippen LogP contribution in [0.3, 0.4) is 0 Å². The Morgan fingerprint density at radius 3 is 1.62 bits per heavy atom. The molecule has 5 heterocycles. The molecule has 16 heavy (non-hydrogen) atoms. The molecule has 84 valence electrons. The van der Waals surface area contributed by atoms with Crippen molar-refractivity contribution in [3.63, 3.8) is 0 Å². The van der Waals surface area contributed by atoms with Crippen LogP contribution >= 0.6 is 23.2 Å². The van der Waals surface area contributed by atoms with E-state index in [0.717, 1.165) is 0 Å². The zero-order valence-electron chi connectivity index (χ0n) is 8.04. The third-order valence-corrected chi connectivity index (χ3v) is 3.91. The van der Waals surface area contributed by atoms with Crippen molar-refractivity contribution in [2.45, 2.75) is 12.1 Å². The van der Waals surface area contributed by atoms with E-state index in [2.05, 4.69) is 10.6 Å². The highest BCUT2D eigenvalue weighted by molar-refractivity contribution is 6.33. The molecule has 0 saturated carbocycles. The number of hydrogen-bond acceptors (Lipinski definition) is 2. The lowest BCUT2D eigenvalue weighted by atomic mass is 9.81. The summed E-state index contributed by atoms with van der Waals surface area (Å²) in [6.45, 7) is 0. The van der Waals surface area contributed by atoms with Crippen molar-refractivity contribution in [1.82, 2.24) is 10.6 Å². The predicted octanol–water partition coefficient (Wildman–Crippen LogP) is 0.475. The fraction of sp³-hybridized carbons (Fsp3) is 0.400. The first kappa shape index (κ1) is 10.2. The number of nitrogens with one attached hydrogen (secondary N) is 2. The summed E-state index contributed by atoms with van der Waals surface area (Å²) >= 11 is 12.1. The van der Waals surface area contributed by atoms with E-state index in [1.54, 1.807) is 12.2 Å². The molecule has 4 nitrogen and oxygen atoms in total. The minimum absolute atomic E-state index is 0.143. The second-order valence-electron chi connectivity index (χ2n) is 4.13. The maximum Gasteiger partial charge on any atom is 0.229 e. The number of rotatable bonds is 0. The maximum atomic E-state index is 11.8. The van der Waals surface area contributed by atoms with E-state index in [-0.39, 0.29) is 11.8 Å². The molecular formula is C10H8Cl2N2O2. The van der Waals surface area contributed by atoms with Crippen LogP contribution in [-0.2, 0) is 9.59 Å². The molecule has 2 amide bonds. The highest BCUT2D eigenvalue weighted by atomic mass is 35.5. The molecule has 6 aliphatic rings. The SMILES string of the molecule is O=C1N[C@@H]2C(Cl)=C[C@H]1[C@H]1NC(=O)[C@@H]2C=C1Cl. The zero-order chi connectivity index (χ0) is 11.4. The van der Waals surface area contributed by atoms with Gasteiger partial charge in [-0.1, -0.05) is 35.4 Å². The molecule has 1 fully saturated rings. The Kier molecular flexibility index (Phi) is 2.06. The largest absolute Gasteiger partial charge is 0.347 e. The molecule has 0 radical (unpaired) electrons. The quantitative estimate of drug-likeness (QED) is 0.664. The Labute approximate surface area is 102 Å². The molecule has 6 rings (SSSR count). The van der Waals surface area contributed by atoms with E-state index >= 15 is 0 Å². The first-order valence-corrected chi connectivity index (χ1v) is 5.68. The van der Waals surface area contributed by atoms with E-state index in [0.29, 0.717) is 10.1 Å². The fourth-order valence-corrected chi connectivity index (χ4v) is 3.01. The summed E-state index contributed by atoms with van der Waals surface area (Å²) in [6.07, 6.45) is 3.36. The van der Waals surface area contributed by atoms with Gasteiger partial charge in [-0.05, 0) is 0 Å². The van der Waals surface area contributed by atoms with Gasteiger partial charge in [0.15, 0.2) is 0 Å². The third kappa shape index (κ3) is 1.23. The van der Waals surface area contributed by atoms with Crippen molar-refractivity contribution in [1.29, 1.82) is 0 Å². The molecule has 1 aliphatic carbocycles. The highest BCUT2D eigenvalue weighted by Gasteiger charge is 2.47. The van der Waals surface area contributed by atoms with Gasteiger partial charge in [0.1, 0.15) is 0 Å². The molecule has 0 aromatic heterocycles. The fourth-order valence-electron chi connectivity index (χ4n) is 2.36. The standard InChI is InChI=1S/C10H8Cl2N2O2/c11-5-1-3-7-6(12)2-4(10(16)13-7)8(5)14-9(3)15/h1-4,7-8H,(H,13,16)(H,14,15)/t3-,4+,7+,8-. The maximum absolute atomic E-state index is 11.8. The number of hydrogen-bond donors (Lipinski definition) is 2. The van der Waals surface area contributed by atoms with Crippen molar-refractivity contribution in [2.75, 3.05) is 0 Å². The van der Waals surface area contributed by atoms with Crippen LogP contribution in [0.2, 0.25) is 0 Å². The third-order valence-electron chi connectivity index (χ3n) is 3.19. The highest BCUT2D eigenvalue weighted by Crippen LogP contribution is 2.36. The summed E-state index contributed by atoms with van der Waals surface area (Å²) in [6, 6.07) is -0.971. The van der Waals surface area contributed by atoms with E-state index < -0.39 is 23.9 Å². The van der Waals surface area contributed by atoms with Gasteiger partial charge in [0, 0.05) is 10.1 Å². The topological polar surface area (TPSA) is 58.2 Å². The Hall–Kier alpha value is -1.00. The minimum Gasteiger partial charge on any atom is -0.347 e. The van der Waals surface area contributed by atoms with Gasteiger partial charge in [-0.15, -0.1) is 0 Å². The van der Waals surface area contributed by atoms with E-state index in [4.69, 9.17) is 23.2 Å². The van der Waals surface area contributed by atoms with Gasteiger partial charge < -0.3 is 10.6 Å². The molecular weight excluding hydrogens is 251 g/mol. The van der Waals surface area contributed by atoms with Crippen LogP contribution < -0.4 is 10.6 Å². The van der Waals surface area contributed by atoms with Crippen LogP contribution in [-0.4, -0.2) is 23.9 Å². The molecule has 6 heteroatoms. The van der Waals surface area contributed by atoms with Crippen molar-refractivity contribution >= 4 is 35.0 Å². The van der Waals surface area contributed by atoms with Crippen LogP contribution in [0.4, 0.5) is 0 Å². The lowest BCUT2D eigenvalue weighted by Crippen LogP contribution is -2.62. The van der Waals surface area contributed by atoms with Crippen molar-refractivity contribution in [2.24, 2.45) is 11.8 Å². The minimum atomic E-state index is -0.516. The summed E-state index contributed by atoms with van der Waals surface area (Å²) in [5, 5.41) is 6.51. The molecule has 2 N–H and O–H groups in total. The predicted molar refractivity (Wildman–Crippen MR) is 58.7 cm³/mol. The van der Waals surface area contributed by atoms with E-state index in [1.165, 1.54) is 0 Å². The zero-order valence-corrected chi connectivity index (χ0v) is 9.55. The van der Waals surface area contributed by atoms with Crippen LogP contribution in [0.1, 0.15) is 0 Å². The van der Waals surface area contributed by atoms with Gasteiger partial charge in [-0.2, -0.15) is 0 Å². The van der Waals surface area contributed by atoms with Gasteiger partial charge in [-0.25, -0.2) is 0 Å². The number of carbonyl (C=O) groups excluding carboxylic acids is 2. The summed E-state index contributed by atoms with van der Waals surface area (Å²) in [4.78, 5) is 23.5. The second-order valence-corrected chi connectivity index (χ2v) is 5.00. The van der Waals surface area contributed by atoms with Crippen LogP contribution in [0.25, 0.3) is 0 Å². The Bertz CT molecular complexity index is 416. The molecule has 0 unspecified atom stereocenters. The van der Waals surface area contributed by atoms with E-state index in [1.807, 2.05) is 0 Å². The summed E-state index contributed by atoms with van der Waals surface area (Å²) < 4.78 is 0. The van der Waals surface area contributed by atoms with Gasteiger partial charge >= 0.3 is 0 Å². The molecule has 4 atom stereocenters. The van der Waals surface area contributed by atoms with Gasteiger partial charge in [0.05, 0.1) is 23.9 Å².